The van der Waals surface area contributed by atoms with E-state index < -0.39 is 0 Å². The molecule has 0 N–H and O–H groups in total. The number of benzene rings is 1. The van der Waals surface area contributed by atoms with Gasteiger partial charge in [-0.25, -0.2) is 4.39 Å². The van der Waals surface area contributed by atoms with Gasteiger partial charge in [-0.3, -0.25) is 0 Å². The largest absolute Gasteiger partial charge is 0.206 e. The summed E-state index contributed by atoms with van der Waals surface area (Å²) in [5.74, 6) is -0.319. The van der Waals surface area contributed by atoms with Gasteiger partial charge in [-0.1, -0.05) is 44.0 Å². The van der Waals surface area contributed by atoms with Gasteiger partial charge in [0.1, 0.15) is 5.82 Å². The lowest BCUT2D eigenvalue weighted by Gasteiger charge is -2.01. The summed E-state index contributed by atoms with van der Waals surface area (Å²) in [7, 11) is 0. The first kappa shape index (κ1) is 11.4. The van der Waals surface area contributed by atoms with Crippen molar-refractivity contribution in [1.82, 2.24) is 0 Å². The SMILES string of the molecule is N#CCC=Cc1c(F)cc(Br)cc1Br. The van der Waals surface area contributed by atoms with Crippen LogP contribution in [-0.4, -0.2) is 0 Å². The molecule has 4 heteroatoms. The molecule has 1 aromatic rings. The zero-order valence-electron chi connectivity index (χ0n) is 7.10. The summed E-state index contributed by atoms with van der Waals surface area (Å²) in [4.78, 5) is 0. The first-order valence-electron chi connectivity index (χ1n) is 3.83. The first-order valence-corrected chi connectivity index (χ1v) is 5.42. The highest BCUT2D eigenvalue weighted by Crippen LogP contribution is 2.26. The van der Waals surface area contributed by atoms with Gasteiger partial charge in [-0.05, 0) is 12.1 Å². The molecule has 1 nitrogen and oxygen atoms in total. The molecular weight excluding hydrogens is 313 g/mol. The van der Waals surface area contributed by atoms with Crippen molar-refractivity contribution in [2.24, 2.45) is 0 Å². The van der Waals surface area contributed by atoms with Crippen LogP contribution in [-0.2, 0) is 0 Å². The third-order valence-electron chi connectivity index (χ3n) is 1.54. The number of nitrogens with zero attached hydrogens (tertiary/aromatic N) is 1. The van der Waals surface area contributed by atoms with E-state index in [-0.39, 0.29) is 12.2 Å². The molecule has 0 saturated heterocycles. The molecule has 0 saturated carbocycles. The smallest absolute Gasteiger partial charge is 0.132 e. The van der Waals surface area contributed by atoms with Crippen molar-refractivity contribution in [2.45, 2.75) is 6.42 Å². The van der Waals surface area contributed by atoms with E-state index in [4.69, 9.17) is 5.26 Å². The highest BCUT2D eigenvalue weighted by molar-refractivity contribution is 9.11. The summed E-state index contributed by atoms with van der Waals surface area (Å²) in [5.41, 5.74) is 0.462. The zero-order valence-corrected chi connectivity index (χ0v) is 10.3. The van der Waals surface area contributed by atoms with Gasteiger partial charge in [-0.15, -0.1) is 0 Å². The van der Waals surface area contributed by atoms with Gasteiger partial charge >= 0.3 is 0 Å². The fourth-order valence-corrected chi connectivity index (χ4v) is 2.25. The highest BCUT2D eigenvalue weighted by atomic mass is 79.9. The van der Waals surface area contributed by atoms with Crippen LogP contribution in [0.4, 0.5) is 4.39 Å². The molecule has 0 unspecified atom stereocenters. The number of halogens is 3. The topological polar surface area (TPSA) is 23.8 Å². The molecule has 1 rings (SSSR count). The summed E-state index contributed by atoms with van der Waals surface area (Å²) in [6, 6.07) is 5.10. The Bertz CT molecular complexity index is 384. The van der Waals surface area contributed by atoms with Crippen molar-refractivity contribution in [3.8, 4) is 6.07 Å². The molecule has 0 aliphatic rings. The minimum Gasteiger partial charge on any atom is -0.206 e. The maximum atomic E-state index is 13.3. The van der Waals surface area contributed by atoms with Crippen LogP contribution in [0.25, 0.3) is 6.08 Å². The Hall–Kier alpha value is -0.660. The molecule has 0 radical (unpaired) electrons. The fraction of sp³-hybridized carbons (Fsp3) is 0.100. The minimum atomic E-state index is -0.319. The van der Waals surface area contributed by atoms with Crippen molar-refractivity contribution in [1.29, 1.82) is 5.26 Å². The second-order valence-corrected chi connectivity index (χ2v) is 4.32. The highest BCUT2D eigenvalue weighted by Gasteiger charge is 2.04. The van der Waals surface area contributed by atoms with E-state index in [2.05, 4.69) is 31.9 Å². The van der Waals surface area contributed by atoms with Gasteiger partial charge in [0.15, 0.2) is 0 Å². The molecule has 1 aromatic carbocycles. The standard InChI is InChI=1S/C10H6Br2FN/c11-7-5-9(12)8(10(13)6-7)3-1-2-4-14/h1,3,5-6H,2H2. The molecule has 0 bridgehead atoms. The third kappa shape index (κ3) is 2.93. The third-order valence-corrected chi connectivity index (χ3v) is 2.65. The number of hydrogen-bond donors (Lipinski definition) is 0. The van der Waals surface area contributed by atoms with Crippen LogP contribution in [0.2, 0.25) is 0 Å². The summed E-state index contributed by atoms with van der Waals surface area (Å²) in [5, 5.41) is 8.31. The fourth-order valence-electron chi connectivity index (χ4n) is 0.942. The van der Waals surface area contributed by atoms with Gasteiger partial charge in [0.25, 0.3) is 0 Å². The van der Waals surface area contributed by atoms with Crippen molar-refractivity contribution in [2.75, 3.05) is 0 Å². The molecular formula is C10H6Br2FN. The molecule has 14 heavy (non-hydrogen) atoms. The maximum absolute atomic E-state index is 13.3. The zero-order chi connectivity index (χ0) is 10.6. The molecule has 0 amide bonds. The van der Waals surface area contributed by atoms with E-state index in [1.807, 2.05) is 6.07 Å². The maximum Gasteiger partial charge on any atom is 0.132 e. The Morgan fingerprint density at radius 1 is 1.43 bits per heavy atom. The Morgan fingerprint density at radius 2 is 2.14 bits per heavy atom. The van der Waals surface area contributed by atoms with Gasteiger partial charge in [0.2, 0.25) is 0 Å². The molecule has 0 aromatic heterocycles. The molecule has 0 heterocycles. The van der Waals surface area contributed by atoms with Crippen LogP contribution in [0.15, 0.2) is 27.2 Å². The molecule has 0 aliphatic heterocycles. The van der Waals surface area contributed by atoms with Crippen molar-refractivity contribution in [3.05, 3.63) is 38.5 Å². The number of allylic oxidation sites excluding steroid dienone is 1. The lowest BCUT2D eigenvalue weighted by molar-refractivity contribution is 0.623. The van der Waals surface area contributed by atoms with Crippen LogP contribution in [0.5, 0.6) is 0 Å². The summed E-state index contributed by atoms with van der Waals surface area (Å²) in [6.07, 6.45) is 3.49. The van der Waals surface area contributed by atoms with Gasteiger partial charge in [-0.2, -0.15) is 5.26 Å². The number of hydrogen-bond acceptors (Lipinski definition) is 1. The Balaban J connectivity index is 3.04. The van der Waals surface area contributed by atoms with E-state index in [1.165, 1.54) is 6.07 Å². The van der Waals surface area contributed by atoms with Gasteiger partial charge in [0, 0.05) is 14.5 Å². The quantitative estimate of drug-likeness (QED) is 0.798. The van der Waals surface area contributed by atoms with Crippen LogP contribution in [0, 0.1) is 17.1 Å². The van der Waals surface area contributed by atoms with E-state index in [9.17, 15) is 4.39 Å². The Kier molecular flexibility index (Phi) is 4.30. The normalized spacial score (nSPS) is 10.4. The van der Waals surface area contributed by atoms with E-state index in [0.717, 1.165) is 0 Å². The second kappa shape index (κ2) is 5.28. The monoisotopic (exact) mass is 317 g/mol. The number of rotatable bonds is 2. The van der Waals surface area contributed by atoms with Crippen LogP contribution in [0.3, 0.4) is 0 Å². The van der Waals surface area contributed by atoms with E-state index in [1.54, 1.807) is 18.2 Å². The predicted molar refractivity (Wildman–Crippen MR) is 61.1 cm³/mol. The molecule has 0 aliphatic carbocycles. The Morgan fingerprint density at radius 3 is 2.71 bits per heavy atom. The minimum absolute atomic E-state index is 0.280. The average Bonchev–Trinajstić information content (AvgIpc) is 2.09. The lowest BCUT2D eigenvalue weighted by Crippen LogP contribution is -1.84. The summed E-state index contributed by atoms with van der Waals surface area (Å²) >= 11 is 6.43. The second-order valence-electron chi connectivity index (χ2n) is 2.55. The summed E-state index contributed by atoms with van der Waals surface area (Å²) < 4.78 is 14.7. The Labute approximate surface area is 98.5 Å². The molecule has 72 valence electrons. The molecule has 0 atom stereocenters. The van der Waals surface area contributed by atoms with Crippen molar-refractivity contribution in [3.63, 3.8) is 0 Å². The average molecular weight is 319 g/mol. The van der Waals surface area contributed by atoms with Crippen LogP contribution in [0.1, 0.15) is 12.0 Å². The van der Waals surface area contributed by atoms with E-state index >= 15 is 0 Å². The lowest BCUT2D eigenvalue weighted by atomic mass is 10.2. The van der Waals surface area contributed by atoms with Gasteiger partial charge in [0.05, 0.1) is 12.5 Å². The van der Waals surface area contributed by atoms with E-state index in [0.29, 0.717) is 14.5 Å². The van der Waals surface area contributed by atoms with Gasteiger partial charge < -0.3 is 0 Å². The van der Waals surface area contributed by atoms with Crippen molar-refractivity contribution >= 4 is 37.9 Å². The number of nitriles is 1. The summed E-state index contributed by atoms with van der Waals surface area (Å²) in [6.45, 7) is 0. The molecule has 0 spiro atoms. The van der Waals surface area contributed by atoms with Crippen LogP contribution >= 0.6 is 31.9 Å². The predicted octanol–water partition coefficient (Wildman–Crippen LogP) is 4.28. The molecule has 0 fully saturated rings. The van der Waals surface area contributed by atoms with Crippen molar-refractivity contribution < 1.29 is 4.39 Å². The first-order chi connectivity index (χ1) is 6.65. The van der Waals surface area contributed by atoms with Crippen LogP contribution < -0.4 is 0 Å².